The van der Waals surface area contributed by atoms with Crippen molar-refractivity contribution in [2.45, 2.75) is 11.7 Å². The van der Waals surface area contributed by atoms with Crippen LogP contribution in [0.4, 0.5) is 4.79 Å². The van der Waals surface area contributed by atoms with Crippen LogP contribution < -0.4 is 0 Å². The fourth-order valence-corrected chi connectivity index (χ4v) is 1.23. The largest absolute Gasteiger partial charge is 0.465 e. The Morgan fingerprint density at radius 3 is 2.67 bits per heavy atom. The number of carboxylic acid groups (broad SMARTS) is 1. The molecule has 1 atom stereocenters. The van der Waals surface area contributed by atoms with E-state index in [9.17, 15) is 4.79 Å². The van der Waals surface area contributed by atoms with Crippen molar-refractivity contribution in [1.82, 2.24) is 4.90 Å². The van der Waals surface area contributed by atoms with Crippen LogP contribution in [-0.4, -0.2) is 34.4 Å². The third kappa shape index (κ3) is 1.51. The second kappa shape index (κ2) is 2.47. The van der Waals surface area contributed by atoms with Crippen LogP contribution in [0.3, 0.4) is 0 Å². The molecule has 1 aliphatic rings. The van der Waals surface area contributed by atoms with Gasteiger partial charge in [0.25, 0.3) is 0 Å². The topological polar surface area (TPSA) is 40.5 Å². The molecule has 52 valence electrons. The van der Waals surface area contributed by atoms with Gasteiger partial charge in [-0.2, -0.15) is 12.6 Å². The first-order valence-electron chi connectivity index (χ1n) is 2.86. The zero-order chi connectivity index (χ0) is 6.85. The van der Waals surface area contributed by atoms with E-state index in [-0.39, 0.29) is 5.25 Å². The SMILES string of the molecule is O=C(O)N1CCC(S)C1. The molecule has 3 nitrogen and oxygen atoms in total. The molecule has 1 unspecified atom stereocenters. The molecule has 0 spiro atoms. The number of rotatable bonds is 0. The fourth-order valence-electron chi connectivity index (χ4n) is 0.916. The van der Waals surface area contributed by atoms with Crippen LogP contribution in [0.2, 0.25) is 0 Å². The average molecular weight is 147 g/mol. The van der Waals surface area contributed by atoms with Crippen LogP contribution in [0.1, 0.15) is 6.42 Å². The van der Waals surface area contributed by atoms with E-state index in [1.54, 1.807) is 0 Å². The Hall–Kier alpha value is -0.380. The van der Waals surface area contributed by atoms with Crippen LogP contribution >= 0.6 is 12.6 Å². The Labute approximate surface area is 59.1 Å². The van der Waals surface area contributed by atoms with Crippen molar-refractivity contribution >= 4 is 18.7 Å². The van der Waals surface area contributed by atoms with E-state index in [0.29, 0.717) is 13.1 Å². The molecule has 1 amide bonds. The van der Waals surface area contributed by atoms with Crippen molar-refractivity contribution in [2.75, 3.05) is 13.1 Å². The molecule has 1 rings (SSSR count). The number of thiol groups is 1. The molecule has 1 aliphatic heterocycles. The highest BCUT2D eigenvalue weighted by Gasteiger charge is 2.22. The number of carbonyl (C=O) groups is 1. The molecule has 1 saturated heterocycles. The number of likely N-dealkylation sites (tertiary alicyclic amines) is 1. The predicted molar refractivity (Wildman–Crippen MR) is 37.0 cm³/mol. The normalized spacial score (nSPS) is 26.8. The highest BCUT2D eigenvalue weighted by Crippen LogP contribution is 2.13. The summed E-state index contributed by atoms with van der Waals surface area (Å²) in [6, 6.07) is 0. The lowest BCUT2D eigenvalue weighted by molar-refractivity contribution is 0.156. The molecule has 0 aliphatic carbocycles. The summed E-state index contributed by atoms with van der Waals surface area (Å²) in [5.74, 6) is 0. The van der Waals surface area contributed by atoms with Crippen molar-refractivity contribution < 1.29 is 9.90 Å². The van der Waals surface area contributed by atoms with Gasteiger partial charge < -0.3 is 10.0 Å². The smallest absolute Gasteiger partial charge is 0.407 e. The summed E-state index contributed by atoms with van der Waals surface area (Å²) in [4.78, 5) is 11.6. The Balaban J connectivity index is 2.39. The van der Waals surface area contributed by atoms with Crippen LogP contribution in [-0.2, 0) is 0 Å². The van der Waals surface area contributed by atoms with Crippen molar-refractivity contribution in [2.24, 2.45) is 0 Å². The van der Waals surface area contributed by atoms with Gasteiger partial charge in [0.1, 0.15) is 0 Å². The molecule has 1 fully saturated rings. The molecule has 0 aromatic heterocycles. The van der Waals surface area contributed by atoms with Crippen molar-refractivity contribution in [3.8, 4) is 0 Å². The molecular formula is C5H9NO2S. The summed E-state index contributed by atoms with van der Waals surface area (Å²) >= 11 is 4.14. The maximum atomic E-state index is 10.2. The first-order valence-corrected chi connectivity index (χ1v) is 3.37. The first kappa shape index (κ1) is 6.74. The molecule has 0 radical (unpaired) electrons. The molecule has 1 N–H and O–H groups in total. The molecule has 4 heteroatoms. The van der Waals surface area contributed by atoms with Crippen LogP contribution in [0.25, 0.3) is 0 Å². The number of hydrogen-bond acceptors (Lipinski definition) is 2. The fraction of sp³-hybridized carbons (Fsp3) is 0.800. The van der Waals surface area contributed by atoms with Gasteiger partial charge in [-0.25, -0.2) is 4.79 Å². The molecule has 0 saturated carbocycles. The highest BCUT2D eigenvalue weighted by atomic mass is 32.1. The molecular weight excluding hydrogens is 138 g/mol. The molecule has 1 heterocycles. The van der Waals surface area contributed by atoms with E-state index in [1.165, 1.54) is 4.90 Å². The maximum absolute atomic E-state index is 10.2. The highest BCUT2D eigenvalue weighted by molar-refractivity contribution is 7.81. The van der Waals surface area contributed by atoms with Crippen LogP contribution in [0.15, 0.2) is 0 Å². The van der Waals surface area contributed by atoms with E-state index >= 15 is 0 Å². The Bertz CT molecular complexity index is 128. The van der Waals surface area contributed by atoms with Gasteiger partial charge in [0.05, 0.1) is 0 Å². The summed E-state index contributed by atoms with van der Waals surface area (Å²) in [6.07, 6.45) is 0.0571. The van der Waals surface area contributed by atoms with Gasteiger partial charge in [-0.1, -0.05) is 0 Å². The minimum Gasteiger partial charge on any atom is -0.465 e. The lowest BCUT2D eigenvalue weighted by Gasteiger charge is -2.08. The van der Waals surface area contributed by atoms with E-state index in [0.717, 1.165) is 6.42 Å². The Morgan fingerprint density at radius 1 is 1.78 bits per heavy atom. The minimum absolute atomic E-state index is 0.251. The summed E-state index contributed by atoms with van der Waals surface area (Å²) < 4.78 is 0. The lowest BCUT2D eigenvalue weighted by atomic mass is 10.4. The quantitative estimate of drug-likeness (QED) is 0.494. The average Bonchev–Trinajstić information content (AvgIpc) is 2.14. The van der Waals surface area contributed by atoms with Crippen LogP contribution in [0.5, 0.6) is 0 Å². The predicted octanol–water partition coefficient (Wildman–Crippen LogP) is 0.669. The van der Waals surface area contributed by atoms with E-state index in [1.807, 2.05) is 0 Å². The van der Waals surface area contributed by atoms with Gasteiger partial charge in [0.15, 0.2) is 0 Å². The second-order valence-corrected chi connectivity index (χ2v) is 2.90. The number of nitrogens with zero attached hydrogens (tertiary/aromatic N) is 1. The monoisotopic (exact) mass is 147 g/mol. The minimum atomic E-state index is -0.827. The molecule has 0 aromatic rings. The van der Waals surface area contributed by atoms with E-state index < -0.39 is 6.09 Å². The van der Waals surface area contributed by atoms with E-state index in [2.05, 4.69) is 12.6 Å². The molecule has 0 aromatic carbocycles. The van der Waals surface area contributed by atoms with Gasteiger partial charge in [-0.15, -0.1) is 0 Å². The van der Waals surface area contributed by atoms with Gasteiger partial charge in [0.2, 0.25) is 0 Å². The molecule has 0 bridgehead atoms. The maximum Gasteiger partial charge on any atom is 0.407 e. The third-order valence-electron chi connectivity index (χ3n) is 1.43. The van der Waals surface area contributed by atoms with Crippen molar-refractivity contribution in [1.29, 1.82) is 0 Å². The zero-order valence-corrected chi connectivity index (χ0v) is 5.84. The zero-order valence-electron chi connectivity index (χ0n) is 4.95. The summed E-state index contributed by atoms with van der Waals surface area (Å²) in [5.41, 5.74) is 0. The van der Waals surface area contributed by atoms with Gasteiger partial charge in [-0.05, 0) is 6.42 Å². The number of amides is 1. The molecule has 9 heavy (non-hydrogen) atoms. The van der Waals surface area contributed by atoms with Gasteiger partial charge >= 0.3 is 6.09 Å². The third-order valence-corrected chi connectivity index (χ3v) is 1.86. The van der Waals surface area contributed by atoms with Gasteiger partial charge in [0, 0.05) is 18.3 Å². The summed E-state index contributed by atoms with van der Waals surface area (Å²) in [5, 5.41) is 8.67. The first-order chi connectivity index (χ1) is 4.20. The van der Waals surface area contributed by atoms with Gasteiger partial charge in [-0.3, -0.25) is 0 Å². The second-order valence-electron chi connectivity index (χ2n) is 2.17. The Kier molecular flexibility index (Phi) is 1.85. The standard InChI is InChI=1S/C5H9NO2S/c7-5(8)6-2-1-4(9)3-6/h4,9H,1-3H2,(H,7,8). The Morgan fingerprint density at radius 2 is 2.44 bits per heavy atom. The summed E-state index contributed by atoms with van der Waals surface area (Å²) in [7, 11) is 0. The van der Waals surface area contributed by atoms with Crippen molar-refractivity contribution in [3.63, 3.8) is 0 Å². The lowest BCUT2D eigenvalue weighted by Crippen LogP contribution is -2.26. The number of hydrogen-bond donors (Lipinski definition) is 2. The van der Waals surface area contributed by atoms with Crippen molar-refractivity contribution in [3.05, 3.63) is 0 Å². The summed E-state index contributed by atoms with van der Waals surface area (Å²) in [6.45, 7) is 1.22. The van der Waals surface area contributed by atoms with Crippen LogP contribution in [0, 0.1) is 0 Å². The van der Waals surface area contributed by atoms with E-state index in [4.69, 9.17) is 5.11 Å².